The molecule has 0 aliphatic carbocycles. The number of unbranched alkanes of at least 4 members (excludes halogenated alkanes) is 1. The van der Waals surface area contributed by atoms with Gasteiger partial charge < -0.3 is 14.5 Å². The molecule has 0 atom stereocenters. The third-order valence-electron chi connectivity index (χ3n) is 4.81. The van der Waals surface area contributed by atoms with E-state index in [-0.39, 0.29) is 5.91 Å². The average Bonchev–Trinajstić information content (AvgIpc) is 3.34. The number of ether oxygens (including phenoxy) is 1. The number of carbonyl (C=O) groups is 1. The Morgan fingerprint density at radius 1 is 1.03 bits per heavy atom. The van der Waals surface area contributed by atoms with Crippen LogP contribution in [0.25, 0.3) is 22.9 Å². The number of carbonyl (C=O) groups excluding carboxylic acids is 1. The Kier molecular flexibility index (Phi) is 6.71. The second-order valence-corrected chi connectivity index (χ2v) is 7.27. The van der Waals surface area contributed by atoms with Gasteiger partial charge in [-0.25, -0.2) is 4.98 Å². The van der Waals surface area contributed by atoms with Crippen molar-refractivity contribution in [2.75, 3.05) is 11.9 Å². The predicted molar refractivity (Wildman–Crippen MR) is 122 cm³/mol. The number of nitriles is 1. The van der Waals surface area contributed by atoms with Gasteiger partial charge in [-0.05, 0) is 61.9 Å². The second-order valence-electron chi connectivity index (χ2n) is 7.27. The summed E-state index contributed by atoms with van der Waals surface area (Å²) in [5.74, 6) is 1.26. The molecule has 0 aliphatic rings. The van der Waals surface area contributed by atoms with E-state index in [4.69, 9.17) is 14.4 Å². The van der Waals surface area contributed by atoms with Crippen LogP contribution in [0, 0.1) is 18.3 Å². The molecule has 4 aromatic rings. The smallest absolute Gasteiger partial charge is 0.256 e. The summed E-state index contributed by atoms with van der Waals surface area (Å²) >= 11 is 0. The fourth-order valence-corrected chi connectivity index (χ4v) is 3.03. The Hall–Kier alpha value is -4.51. The summed E-state index contributed by atoms with van der Waals surface area (Å²) in [6, 6.07) is 20.2. The maximum absolute atomic E-state index is 12.7. The molecule has 0 saturated carbocycles. The molecule has 1 amide bonds. The van der Waals surface area contributed by atoms with E-state index in [1.54, 1.807) is 42.6 Å². The highest BCUT2D eigenvalue weighted by atomic mass is 16.5. The lowest BCUT2D eigenvalue weighted by molar-refractivity contribution is 0.102. The monoisotopic (exact) mass is 439 g/mol. The van der Waals surface area contributed by atoms with Crippen molar-refractivity contribution in [3.05, 3.63) is 78.0 Å². The molecule has 164 valence electrons. The molecule has 0 radical (unpaired) electrons. The highest BCUT2D eigenvalue weighted by molar-refractivity contribution is 6.04. The predicted octanol–water partition coefficient (Wildman–Crippen LogP) is 5.04. The molecule has 2 heterocycles. The van der Waals surface area contributed by atoms with E-state index in [9.17, 15) is 4.79 Å². The van der Waals surface area contributed by atoms with Crippen molar-refractivity contribution in [2.24, 2.45) is 0 Å². The number of pyridine rings is 1. The van der Waals surface area contributed by atoms with E-state index >= 15 is 0 Å². The van der Waals surface area contributed by atoms with Gasteiger partial charge in [0.1, 0.15) is 0 Å². The van der Waals surface area contributed by atoms with Crippen LogP contribution in [-0.2, 0) is 0 Å². The Balaban J connectivity index is 1.43. The van der Waals surface area contributed by atoms with Crippen LogP contribution in [-0.4, -0.2) is 27.7 Å². The zero-order valence-electron chi connectivity index (χ0n) is 18.0. The Labute approximate surface area is 190 Å². The van der Waals surface area contributed by atoms with Gasteiger partial charge >= 0.3 is 0 Å². The maximum Gasteiger partial charge on any atom is 0.256 e. The average molecular weight is 439 g/mol. The minimum atomic E-state index is -0.326. The molecule has 8 heteroatoms. The van der Waals surface area contributed by atoms with Gasteiger partial charge in [0.15, 0.2) is 11.6 Å². The van der Waals surface area contributed by atoms with E-state index in [0.29, 0.717) is 53.9 Å². The highest BCUT2D eigenvalue weighted by Gasteiger charge is 2.14. The van der Waals surface area contributed by atoms with Crippen molar-refractivity contribution in [3.8, 4) is 34.7 Å². The molecule has 33 heavy (non-hydrogen) atoms. The Morgan fingerprint density at radius 2 is 1.70 bits per heavy atom. The van der Waals surface area contributed by atoms with E-state index in [1.807, 2.05) is 31.2 Å². The van der Waals surface area contributed by atoms with Crippen LogP contribution < -0.4 is 10.1 Å². The van der Waals surface area contributed by atoms with Crippen LogP contribution >= 0.6 is 0 Å². The zero-order chi connectivity index (χ0) is 23.0. The van der Waals surface area contributed by atoms with Gasteiger partial charge in [0.05, 0.1) is 12.7 Å². The minimum absolute atomic E-state index is 0.322. The highest BCUT2D eigenvalue weighted by Crippen LogP contribution is 2.25. The first-order valence-corrected chi connectivity index (χ1v) is 10.4. The van der Waals surface area contributed by atoms with Crippen molar-refractivity contribution in [1.29, 1.82) is 5.26 Å². The molecule has 0 bridgehead atoms. The minimum Gasteiger partial charge on any atom is -0.490 e. The number of nitrogens with one attached hydrogen (secondary N) is 1. The fourth-order valence-electron chi connectivity index (χ4n) is 3.03. The van der Waals surface area contributed by atoms with Gasteiger partial charge in [-0.1, -0.05) is 17.7 Å². The van der Waals surface area contributed by atoms with Gasteiger partial charge in [0.2, 0.25) is 11.8 Å². The van der Waals surface area contributed by atoms with Gasteiger partial charge in [-0.15, -0.1) is 10.2 Å². The van der Waals surface area contributed by atoms with E-state index in [1.165, 1.54) is 0 Å². The number of amides is 1. The molecule has 2 aromatic heterocycles. The third kappa shape index (κ3) is 5.40. The lowest BCUT2D eigenvalue weighted by Gasteiger charge is -2.11. The van der Waals surface area contributed by atoms with E-state index < -0.39 is 0 Å². The number of hydrogen-bond acceptors (Lipinski definition) is 7. The Morgan fingerprint density at radius 3 is 2.36 bits per heavy atom. The number of hydrogen-bond donors (Lipinski definition) is 1. The van der Waals surface area contributed by atoms with Crippen LogP contribution in [0.1, 0.15) is 28.8 Å². The summed E-state index contributed by atoms with van der Waals surface area (Å²) in [7, 11) is 0. The van der Waals surface area contributed by atoms with Crippen LogP contribution in [0.15, 0.2) is 71.3 Å². The van der Waals surface area contributed by atoms with Gasteiger partial charge in [0.25, 0.3) is 5.91 Å². The summed E-state index contributed by atoms with van der Waals surface area (Å²) in [5, 5.41) is 19.6. The van der Waals surface area contributed by atoms with Crippen LogP contribution in [0.3, 0.4) is 0 Å². The number of aromatic nitrogens is 3. The molecular formula is C25H21N5O3. The van der Waals surface area contributed by atoms with Crippen LogP contribution in [0.5, 0.6) is 5.75 Å². The summed E-state index contributed by atoms with van der Waals surface area (Å²) in [6.45, 7) is 2.38. The van der Waals surface area contributed by atoms with Crippen LogP contribution in [0.4, 0.5) is 5.82 Å². The normalized spacial score (nSPS) is 10.4. The molecule has 0 aliphatic heterocycles. The van der Waals surface area contributed by atoms with Crippen molar-refractivity contribution in [3.63, 3.8) is 0 Å². The quantitative estimate of drug-likeness (QED) is 0.382. The van der Waals surface area contributed by atoms with E-state index in [2.05, 4.69) is 26.6 Å². The molecule has 0 unspecified atom stereocenters. The van der Waals surface area contributed by atoms with Crippen molar-refractivity contribution in [1.82, 2.24) is 15.2 Å². The molecule has 1 N–H and O–H groups in total. The molecule has 4 rings (SSSR count). The summed E-state index contributed by atoms with van der Waals surface area (Å²) in [6.07, 6.45) is 2.57. The number of nitrogens with zero attached hydrogens (tertiary/aromatic N) is 4. The van der Waals surface area contributed by atoms with Gasteiger partial charge in [-0.2, -0.15) is 5.26 Å². The Bertz CT molecular complexity index is 1270. The second kappa shape index (κ2) is 10.2. The number of rotatable bonds is 8. The van der Waals surface area contributed by atoms with Crippen LogP contribution in [0.2, 0.25) is 0 Å². The molecule has 8 nitrogen and oxygen atoms in total. The third-order valence-corrected chi connectivity index (χ3v) is 4.81. The lowest BCUT2D eigenvalue weighted by atomic mass is 10.1. The first-order chi connectivity index (χ1) is 16.1. The van der Waals surface area contributed by atoms with E-state index in [0.717, 1.165) is 11.1 Å². The number of anilines is 1. The lowest BCUT2D eigenvalue weighted by Crippen LogP contribution is -2.14. The SMILES string of the molecule is Cc1ccc(-c2nnc(-c3ccc(C(=O)Nc4ncccc4OCCCC#N)cc3)o2)cc1. The molecule has 0 fully saturated rings. The largest absolute Gasteiger partial charge is 0.490 e. The van der Waals surface area contributed by atoms with Crippen molar-refractivity contribution >= 4 is 11.7 Å². The number of aryl methyl sites for hydroxylation is 1. The standard InChI is InChI=1S/C25H21N5O3/c1-17-6-8-19(9-7-17)24-29-30-25(33-24)20-12-10-18(11-13-20)23(31)28-22-21(5-4-15-27-22)32-16-3-2-14-26/h4-13,15H,2-3,16H2,1H3,(H,27,28,31). The van der Waals surface area contributed by atoms with Gasteiger partial charge in [-0.3, -0.25) is 4.79 Å². The topological polar surface area (TPSA) is 114 Å². The first-order valence-electron chi connectivity index (χ1n) is 10.4. The van der Waals surface area contributed by atoms with Crippen molar-refractivity contribution in [2.45, 2.75) is 19.8 Å². The number of benzene rings is 2. The summed E-state index contributed by atoms with van der Waals surface area (Å²) < 4.78 is 11.4. The molecule has 0 saturated heterocycles. The maximum atomic E-state index is 12.7. The molecular weight excluding hydrogens is 418 g/mol. The molecule has 0 spiro atoms. The van der Waals surface area contributed by atoms with Crippen molar-refractivity contribution < 1.29 is 13.9 Å². The zero-order valence-corrected chi connectivity index (χ0v) is 18.0. The summed E-state index contributed by atoms with van der Waals surface area (Å²) in [5.41, 5.74) is 3.14. The summed E-state index contributed by atoms with van der Waals surface area (Å²) in [4.78, 5) is 16.9. The van der Waals surface area contributed by atoms with Gasteiger partial charge in [0, 0.05) is 29.3 Å². The molecule has 2 aromatic carbocycles. The fraction of sp³-hybridized carbons (Fsp3) is 0.160. The first kappa shape index (κ1) is 21.7.